The average Bonchev–Trinajstić information content (AvgIpc) is 2.08. The van der Waals surface area contributed by atoms with Gasteiger partial charge < -0.3 is 11.5 Å². The molecule has 1 aromatic rings. The number of benzene rings is 1. The third-order valence-electron chi connectivity index (χ3n) is 1.69. The molecule has 3 nitrogen and oxygen atoms in total. The number of anilines is 1. The highest BCUT2D eigenvalue weighted by molar-refractivity contribution is 6.31. The summed E-state index contributed by atoms with van der Waals surface area (Å²) in [4.78, 5) is 11.5. The van der Waals surface area contributed by atoms with Gasteiger partial charge in [-0.25, -0.2) is 0 Å². The first-order chi connectivity index (χ1) is 6.02. The molecule has 1 atom stereocenters. The van der Waals surface area contributed by atoms with Crippen LogP contribution in [0.5, 0.6) is 0 Å². The molecule has 0 heterocycles. The van der Waals surface area contributed by atoms with Crippen LogP contribution in [-0.2, 0) is 0 Å². The molecule has 0 bridgehead atoms. The van der Waals surface area contributed by atoms with Crippen LogP contribution in [0.4, 0.5) is 5.69 Å². The van der Waals surface area contributed by atoms with Crippen molar-refractivity contribution in [3.8, 4) is 0 Å². The van der Waals surface area contributed by atoms with Crippen molar-refractivity contribution in [2.75, 3.05) is 5.73 Å². The molecule has 1 unspecified atom stereocenters. The van der Waals surface area contributed by atoms with E-state index in [2.05, 4.69) is 0 Å². The topological polar surface area (TPSA) is 69.1 Å². The van der Waals surface area contributed by atoms with E-state index in [-0.39, 0.29) is 5.78 Å². The summed E-state index contributed by atoms with van der Waals surface area (Å²) >= 11 is 5.72. The molecule has 0 saturated heterocycles. The summed E-state index contributed by atoms with van der Waals surface area (Å²) in [6, 6.07) is 4.20. The van der Waals surface area contributed by atoms with Gasteiger partial charge in [-0.3, -0.25) is 4.79 Å². The summed E-state index contributed by atoms with van der Waals surface area (Å²) in [6.07, 6.45) is 0. The van der Waals surface area contributed by atoms with Gasteiger partial charge in [0.1, 0.15) is 0 Å². The molecule has 1 aromatic carbocycles. The molecule has 70 valence electrons. The smallest absolute Gasteiger partial charge is 0.181 e. The first-order valence-electron chi connectivity index (χ1n) is 3.87. The van der Waals surface area contributed by atoms with E-state index in [0.717, 1.165) is 0 Å². The summed E-state index contributed by atoms with van der Waals surface area (Å²) in [7, 11) is 0. The summed E-state index contributed by atoms with van der Waals surface area (Å²) in [6.45, 7) is 1.61. The largest absolute Gasteiger partial charge is 0.398 e. The number of halogens is 1. The molecule has 1 rings (SSSR count). The standard InChI is InChI=1S/C9H11ClN2O/c1-5(11)9(13)7-4-6(10)2-3-8(7)12/h2-5H,11-12H2,1H3. The molecule has 0 aliphatic carbocycles. The van der Waals surface area contributed by atoms with Crippen molar-refractivity contribution >= 4 is 23.1 Å². The second kappa shape index (κ2) is 3.77. The molecule has 0 aliphatic heterocycles. The monoisotopic (exact) mass is 198 g/mol. The fraction of sp³-hybridized carbons (Fsp3) is 0.222. The van der Waals surface area contributed by atoms with Crippen molar-refractivity contribution in [2.24, 2.45) is 5.73 Å². The summed E-state index contributed by atoms with van der Waals surface area (Å²) in [5, 5.41) is 0.484. The molecule has 0 saturated carbocycles. The Morgan fingerprint density at radius 2 is 2.15 bits per heavy atom. The number of rotatable bonds is 2. The van der Waals surface area contributed by atoms with Crippen molar-refractivity contribution in [1.29, 1.82) is 0 Å². The summed E-state index contributed by atoms with van der Waals surface area (Å²) in [5.41, 5.74) is 11.8. The van der Waals surface area contributed by atoms with Gasteiger partial charge in [-0.05, 0) is 25.1 Å². The zero-order chi connectivity index (χ0) is 10.0. The zero-order valence-corrected chi connectivity index (χ0v) is 8.01. The molecule has 0 radical (unpaired) electrons. The Hall–Kier alpha value is -1.06. The van der Waals surface area contributed by atoms with Crippen molar-refractivity contribution in [1.82, 2.24) is 0 Å². The number of hydrogen-bond acceptors (Lipinski definition) is 3. The number of hydrogen-bond donors (Lipinski definition) is 2. The minimum absolute atomic E-state index is 0.194. The SMILES string of the molecule is CC(N)C(=O)c1cc(Cl)ccc1N. The Morgan fingerprint density at radius 3 is 2.69 bits per heavy atom. The predicted molar refractivity (Wildman–Crippen MR) is 53.8 cm³/mol. The van der Waals surface area contributed by atoms with Crippen molar-refractivity contribution in [3.05, 3.63) is 28.8 Å². The van der Waals surface area contributed by atoms with Crippen LogP contribution in [0.2, 0.25) is 5.02 Å². The maximum atomic E-state index is 11.5. The second-order valence-corrected chi connectivity index (χ2v) is 3.32. The normalized spacial score (nSPS) is 12.5. The summed E-state index contributed by atoms with van der Waals surface area (Å²) in [5.74, 6) is -0.194. The predicted octanol–water partition coefficient (Wildman–Crippen LogP) is 1.45. The first-order valence-corrected chi connectivity index (χ1v) is 4.25. The van der Waals surface area contributed by atoms with Crippen LogP contribution in [0.15, 0.2) is 18.2 Å². The number of Topliss-reactive ketones (excluding diaryl/α,β-unsaturated/α-hetero) is 1. The van der Waals surface area contributed by atoms with Crippen LogP contribution >= 0.6 is 11.6 Å². The number of carbonyl (C=O) groups is 1. The van der Waals surface area contributed by atoms with E-state index in [9.17, 15) is 4.79 Å². The molecule has 13 heavy (non-hydrogen) atoms. The van der Waals surface area contributed by atoms with Crippen molar-refractivity contribution in [3.63, 3.8) is 0 Å². The highest BCUT2D eigenvalue weighted by Gasteiger charge is 2.13. The van der Waals surface area contributed by atoms with Crippen LogP contribution in [0.3, 0.4) is 0 Å². The van der Waals surface area contributed by atoms with Gasteiger partial charge in [0.2, 0.25) is 0 Å². The number of carbonyl (C=O) groups excluding carboxylic acids is 1. The second-order valence-electron chi connectivity index (χ2n) is 2.88. The maximum Gasteiger partial charge on any atom is 0.181 e. The van der Waals surface area contributed by atoms with E-state index < -0.39 is 6.04 Å². The van der Waals surface area contributed by atoms with Gasteiger partial charge in [-0.15, -0.1) is 0 Å². The van der Waals surface area contributed by atoms with Gasteiger partial charge in [-0.1, -0.05) is 11.6 Å². The third kappa shape index (κ3) is 2.20. The van der Waals surface area contributed by atoms with E-state index in [1.165, 1.54) is 6.07 Å². The van der Waals surface area contributed by atoms with E-state index in [1.807, 2.05) is 0 Å². The van der Waals surface area contributed by atoms with E-state index in [0.29, 0.717) is 16.3 Å². The Kier molecular flexibility index (Phi) is 2.90. The average molecular weight is 199 g/mol. The Morgan fingerprint density at radius 1 is 1.54 bits per heavy atom. The number of ketones is 1. The van der Waals surface area contributed by atoms with Gasteiger partial charge in [0.25, 0.3) is 0 Å². The van der Waals surface area contributed by atoms with Gasteiger partial charge in [0.15, 0.2) is 5.78 Å². The van der Waals surface area contributed by atoms with Crippen LogP contribution < -0.4 is 11.5 Å². The number of nitrogen functional groups attached to an aromatic ring is 1. The highest BCUT2D eigenvalue weighted by Crippen LogP contribution is 2.18. The lowest BCUT2D eigenvalue weighted by atomic mass is 10.0. The Bertz CT molecular complexity index is 336. The summed E-state index contributed by atoms with van der Waals surface area (Å²) < 4.78 is 0. The molecular weight excluding hydrogens is 188 g/mol. The minimum atomic E-state index is -0.555. The molecule has 0 spiro atoms. The zero-order valence-electron chi connectivity index (χ0n) is 7.25. The van der Waals surface area contributed by atoms with E-state index >= 15 is 0 Å². The van der Waals surface area contributed by atoms with E-state index in [1.54, 1.807) is 19.1 Å². The molecule has 0 aromatic heterocycles. The molecule has 4 heteroatoms. The fourth-order valence-electron chi connectivity index (χ4n) is 0.987. The maximum absolute atomic E-state index is 11.5. The molecular formula is C9H11ClN2O. The Labute approximate surface area is 81.7 Å². The lowest BCUT2D eigenvalue weighted by molar-refractivity contribution is 0.0969. The lowest BCUT2D eigenvalue weighted by Crippen LogP contribution is -2.27. The van der Waals surface area contributed by atoms with Crippen molar-refractivity contribution < 1.29 is 4.79 Å². The number of nitrogens with two attached hydrogens (primary N) is 2. The quantitative estimate of drug-likeness (QED) is 0.558. The fourth-order valence-corrected chi connectivity index (χ4v) is 1.16. The van der Waals surface area contributed by atoms with Gasteiger partial charge in [-0.2, -0.15) is 0 Å². The third-order valence-corrected chi connectivity index (χ3v) is 1.93. The molecule has 0 amide bonds. The van der Waals surface area contributed by atoms with Crippen LogP contribution in [0.25, 0.3) is 0 Å². The lowest BCUT2D eigenvalue weighted by Gasteiger charge is -2.07. The van der Waals surface area contributed by atoms with Crippen LogP contribution in [0, 0.1) is 0 Å². The first kappa shape index (κ1) is 10.0. The molecule has 0 fully saturated rings. The van der Waals surface area contributed by atoms with Gasteiger partial charge >= 0.3 is 0 Å². The molecule has 0 aliphatic rings. The minimum Gasteiger partial charge on any atom is -0.398 e. The van der Waals surface area contributed by atoms with Crippen molar-refractivity contribution in [2.45, 2.75) is 13.0 Å². The van der Waals surface area contributed by atoms with Gasteiger partial charge in [0, 0.05) is 16.3 Å². The van der Waals surface area contributed by atoms with Crippen LogP contribution in [-0.4, -0.2) is 11.8 Å². The molecule has 4 N–H and O–H groups in total. The van der Waals surface area contributed by atoms with Gasteiger partial charge in [0.05, 0.1) is 6.04 Å². The van der Waals surface area contributed by atoms with Crippen LogP contribution in [0.1, 0.15) is 17.3 Å². The highest BCUT2D eigenvalue weighted by atomic mass is 35.5. The Balaban J connectivity index is 3.13. The van der Waals surface area contributed by atoms with E-state index in [4.69, 9.17) is 23.1 Å².